The molecule has 32 heavy (non-hydrogen) atoms. The van der Waals surface area contributed by atoms with Crippen LogP contribution in [0.15, 0.2) is 40.1 Å². The summed E-state index contributed by atoms with van der Waals surface area (Å²) >= 11 is 7.53. The molecular weight excluding hydrogens is 453 g/mol. The molecule has 1 aromatic carbocycles. The average molecular weight is 478 g/mol. The summed E-state index contributed by atoms with van der Waals surface area (Å²) in [7, 11) is 0. The molecule has 3 aromatic rings. The van der Waals surface area contributed by atoms with Crippen molar-refractivity contribution in [1.82, 2.24) is 24.6 Å². The zero-order valence-corrected chi connectivity index (χ0v) is 19.6. The van der Waals surface area contributed by atoms with Gasteiger partial charge in [-0.05, 0) is 32.0 Å². The number of aromatic nitrogens is 3. The molecule has 1 amide bonds. The number of hydrogen-bond acceptors (Lipinski definition) is 6. The minimum atomic E-state index is -0.294. The van der Waals surface area contributed by atoms with Crippen LogP contribution in [0.5, 0.6) is 0 Å². The van der Waals surface area contributed by atoms with Crippen molar-refractivity contribution in [2.24, 2.45) is 0 Å². The fourth-order valence-electron chi connectivity index (χ4n) is 3.78. The summed E-state index contributed by atoms with van der Waals surface area (Å²) in [5.74, 6) is 1.59. The molecule has 1 aliphatic rings. The Hall–Kier alpha value is -2.36. The summed E-state index contributed by atoms with van der Waals surface area (Å²) in [6, 6.07) is 6.60. The van der Waals surface area contributed by atoms with Gasteiger partial charge in [0.05, 0.1) is 17.6 Å². The number of hydrogen-bond donors (Lipinski definition) is 0. The van der Waals surface area contributed by atoms with E-state index in [0.29, 0.717) is 60.8 Å². The molecule has 1 aliphatic heterocycles. The van der Waals surface area contributed by atoms with E-state index in [9.17, 15) is 9.18 Å². The molecule has 7 nitrogen and oxygen atoms in total. The first kappa shape index (κ1) is 22.8. The molecule has 4 rings (SSSR count). The van der Waals surface area contributed by atoms with Gasteiger partial charge in [0.1, 0.15) is 11.6 Å². The number of furan rings is 1. The second-order valence-electron chi connectivity index (χ2n) is 7.59. The molecule has 0 bridgehead atoms. The third-order valence-electron chi connectivity index (χ3n) is 5.63. The third kappa shape index (κ3) is 4.84. The standard InChI is InChI=1S/C22H25ClFN5O2S/c1-3-29-21(16-7-12-31-15(16)2)25-26-22(29)32-14-20(30)28-10-8-27(9-11-28)13-17-18(23)5-4-6-19(17)24/h4-7,12H,3,8-11,13-14H2,1-2H3. The molecule has 0 saturated carbocycles. The molecule has 0 atom stereocenters. The van der Waals surface area contributed by atoms with E-state index in [1.54, 1.807) is 18.4 Å². The number of aryl methyl sites for hydroxylation is 1. The van der Waals surface area contributed by atoms with Gasteiger partial charge in [-0.25, -0.2) is 4.39 Å². The fraction of sp³-hybridized carbons (Fsp3) is 0.409. The lowest BCUT2D eigenvalue weighted by Gasteiger charge is -2.34. The quantitative estimate of drug-likeness (QED) is 0.477. The predicted molar refractivity (Wildman–Crippen MR) is 122 cm³/mol. The average Bonchev–Trinajstić information content (AvgIpc) is 3.40. The lowest BCUT2D eigenvalue weighted by atomic mass is 10.2. The van der Waals surface area contributed by atoms with Gasteiger partial charge in [0, 0.05) is 49.9 Å². The topological polar surface area (TPSA) is 67.4 Å². The minimum absolute atomic E-state index is 0.0604. The van der Waals surface area contributed by atoms with Crippen molar-refractivity contribution in [3.8, 4) is 11.4 Å². The predicted octanol–water partition coefficient (Wildman–Crippen LogP) is 4.10. The van der Waals surface area contributed by atoms with Crippen LogP contribution in [-0.2, 0) is 17.9 Å². The van der Waals surface area contributed by atoms with Crippen molar-refractivity contribution in [2.45, 2.75) is 32.1 Å². The molecule has 0 radical (unpaired) electrons. The van der Waals surface area contributed by atoms with Crippen LogP contribution in [-0.4, -0.2) is 62.4 Å². The Morgan fingerprint density at radius 1 is 1.22 bits per heavy atom. The van der Waals surface area contributed by atoms with E-state index in [4.69, 9.17) is 16.0 Å². The SMILES string of the molecule is CCn1c(SCC(=O)N2CCN(Cc3c(F)cccc3Cl)CC2)nnc1-c1ccoc1C. The highest BCUT2D eigenvalue weighted by molar-refractivity contribution is 7.99. The number of benzene rings is 1. The summed E-state index contributed by atoms with van der Waals surface area (Å²) in [4.78, 5) is 16.7. The van der Waals surface area contributed by atoms with Crippen LogP contribution in [0.25, 0.3) is 11.4 Å². The zero-order valence-electron chi connectivity index (χ0n) is 18.1. The maximum absolute atomic E-state index is 14.1. The molecule has 0 aliphatic carbocycles. The minimum Gasteiger partial charge on any atom is -0.469 e. The number of thioether (sulfide) groups is 1. The van der Waals surface area contributed by atoms with Crippen LogP contribution in [0.1, 0.15) is 18.2 Å². The van der Waals surface area contributed by atoms with Gasteiger partial charge >= 0.3 is 0 Å². The van der Waals surface area contributed by atoms with E-state index in [1.807, 2.05) is 29.4 Å². The number of rotatable bonds is 7. The molecule has 1 saturated heterocycles. The van der Waals surface area contributed by atoms with Gasteiger partial charge in [-0.2, -0.15) is 0 Å². The van der Waals surface area contributed by atoms with Crippen molar-refractivity contribution in [1.29, 1.82) is 0 Å². The van der Waals surface area contributed by atoms with Gasteiger partial charge in [0.25, 0.3) is 0 Å². The molecule has 0 unspecified atom stereocenters. The number of halogens is 2. The summed E-state index contributed by atoms with van der Waals surface area (Å²) in [6.07, 6.45) is 1.63. The second kappa shape index (κ2) is 10.1. The maximum Gasteiger partial charge on any atom is 0.233 e. The van der Waals surface area contributed by atoms with E-state index >= 15 is 0 Å². The molecule has 1 fully saturated rings. The van der Waals surface area contributed by atoms with E-state index in [2.05, 4.69) is 15.1 Å². The van der Waals surface area contributed by atoms with Gasteiger partial charge in [-0.3, -0.25) is 9.69 Å². The Labute approximate surface area is 195 Å². The summed E-state index contributed by atoms with van der Waals surface area (Å²) in [5, 5.41) is 9.74. The third-order valence-corrected chi connectivity index (χ3v) is 6.93. The monoisotopic (exact) mass is 477 g/mol. The van der Waals surface area contributed by atoms with Crippen LogP contribution in [0.4, 0.5) is 4.39 Å². The van der Waals surface area contributed by atoms with E-state index < -0.39 is 0 Å². The Bertz CT molecular complexity index is 1070. The van der Waals surface area contributed by atoms with E-state index in [1.165, 1.54) is 17.8 Å². The number of carbonyl (C=O) groups excluding carboxylic acids is 1. The van der Waals surface area contributed by atoms with Crippen molar-refractivity contribution < 1.29 is 13.6 Å². The highest BCUT2D eigenvalue weighted by Crippen LogP contribution is 2.27. The maximum atomic E-state index is 14.1. The number of nitrogens with zero attached hydrogens (tertiary/aromatic N) is 5. The Morgan fingerprint density at radius 2 is 2.00 bits per heavy atom. The second-order valence-corrected chi connectivity index (χ2v) is 8.94. The molecule has 0 N–H and O–H groups in total. The zero-order chi connectivity index (χ0) is 22.7. The first-order valence-corrected chi connectivity index (χ1v) is 11.9. The number of amides is 1. The van der Waals surface area contributed by atoms with E-state index in [0.717, 1.165) is 17.1 Å². The van der Waals surface area contributed by atoms with Crippen LogP contribution in [0.3, 0.4) is 0 Å². The largest absolute Gasteiger partial charge is 0.469 e. The number of piperazine rings is 1. The normalized spacial score (nSPS) is 14.8. The van der Waals surface area contributed by atoms with Gasteiger partial charge in [-0.1, -0.05) is 29.4 Å². The lowest BCUT2D eigenvalue weighted by Crippen LogP contribution is -2.48. The van der Waals surface area contributed by atoms with Crippen LogP contribution >= 0.6 is 23.4 Å². The Morgan fingerprint density at radius 3 is 2.66 bits per heavy atom. The van der Waals surface area contributed by atoms with Gasteiger partial charge < -0.3 is 13.9 Å². The van der Waals surface area contributed by atoms with Crippen LogP contribution in [0.2, 0.25) is 5.02 Å². The summed E-state index contributed by atoms with van der Waals surface area (Å²) in [5.41, 5.74) is 1.41. The Kier molecular flexibility index (Phi) is 7.17. The molecule has 0 spiro atoms. The number of carbonyl (C=O) groups is 1. The van der Waals surface area contributed by atoms with Crippen molar-refractivity contribution >= 4 is 29.3 Å². The molecule has 170 valence electrons. The lowest BCUT2D eigenvalue weighted by molar-refractivity contribution is -0.130. The van der Waals surface area contributed by atoms with Crippen LogP contribution in [0, 0.1) is 12.7 Å². The van der Waals surface area contributed by atoms with Crippen molar-refractivity contribution in [3.05, 3.63) is 52.7 Å². The van der Waals surface area contributed by atoms with Crippen molar-refractivity contribution in [3.63, 3.8) is 0 Å². The van der Waals surface area contributed by atoms with E-state index in [-0.39, 0.29) is 11.7 Å². The molecule has 10 heteroatoms. The molecular formula is C22H25ClFN5O2S. The molecule has 3 heterocycles. The fourth-order valence-corrected chi connectivity index (χ4v) is 4.90. The summed E-state index contributed by atoms with van der Waals surface area (Å²) < 4.78 is 21.4. The Balaban J connectivity index is 1.31. The summed E-state index contributed by atoms with van der Waals surface area (Å²) in [6.45, 7) is 7.61. The van der Waals surface area contributed by atoms with Gasteiger partial charge in [-0.15, -0.1) is 10.2 Å². The van der Waals surface area contributed by atoms with Gasteiger partial charge in [0.15, 0.2) is 11.0 Å². The highest BCUT2D eigenvalue weighted by atomic mass is 35.5. The first-order valence-electron chi connectivity index (χ1n) is 10.5. The molecule has 2 aromatic heterocycles. The highest BCUT2D eigenvalue weighted by Gasteiger charge is 2.24. The van der Waals surface area contributed by atoms with Crippen LogP contribution < -0.4 is 0 Å². The van der Waals surface area contributed by atoms with Crippen molar-refractivity contribution in [2.75, 3.05) is 31.9 Å². The first-order chi connectivity index (χ1) is 15.5. The smallest absolute Gasteiger partial charge is 0.233 e. The van der Waals surface area contributed by atoms with Gasteiger partial charge in [0.2, 0.25) is 5.91 Å².